The lowest BCUT2D eigenvalue weighted by molar-refractivity contribution is 0.0186. The van der Waals surface area contributed by atoms with Crippen LogP contribution in [0.1, 0.15) is 29.2 Å². The van der Waals surface area contributed by atoms with Crippen molar-refractivity contribution in [3.05, 3.63) is 34.9 Å². The molecule has 1 aliphatic heterocycles. The first-order chi connectivity index (χ1) is 8.10. The van der Waals surface area contributed by atoms with Gasteiger partial charge >= 0.3 is 0 Å². The highest BCUT2D eigenvalue weighted by molar-refractivity contribution is 5.35. The summed E-state index contributed by atoms with van der Waals surface area (Å²) in [7, 11) is 0. The van der Waals surface area contributed by atoms with E-state index in [4.69, 9.17) is 10.5 Å². The van der Waals surface area contributed by atoms with Crippen molar-refractivity contribution in [3.63, 3.8) is 0 Å². The Bertz CT molecular complexity index is 397. The van der Waals surface area contributed by atoms with Crippen molar-refractivity contribution in [2.75, 3.05) is 19.8 Å². The molecule has 3 heteroatoms. The highest BCUT2D eigenvalue weighted by atomic mass is 16.5. The smallest absolute Gasteiger partial charge is 0.0883 e. The molecule has 1 aliphatic rings. The zero-order chi connectivity index (χ0) is 12.5. The van der Waals surface area contributed by atoms with Crippen LogP contribution >= 0.6 is 0 Å². The van der Waals surface area contributed by atoms with Gasteiger partial charge in [0.2, 0.25) is 0 Å². The Hall–Kier alpha value is -0.900. The van der Waals surface area contributed by atoms with Gasteiger partial charge in [0.1, 0.15) is 0 Å². The number of nitrogens with two attached hydrogens (primary N) is 1. The van der Waals surface area contributed by atoms with Gasteiger partial charge in [0.05, 0.1) is 12.7 Å². The van der Waals surface area contributed by atoms with Gasteiger partial charge in [-0.15, -0.1) is 0 Å². The molecule has 0 amide bonds. The maximum Gasteiger partial charge on any atom is 0.0883 e. The Morgan fingerprint density at radius 2 is 2.24 bits per heavy atom. The van der Waals surface area contributed by atoms with Gasteiger partial charge in [-0.1, -0.05) is 18.2 Å². The van der Waals surface area contributed by atoms with Crippen LogP contribution in [0, 0.1) is 19.3 Å². The van der Waals surface area contributed by atoms with Crippen LogP contribution in [0.2, 0.25) is 0 Å². The zero-order valence-corrected chi connectivity index (χ0v) is 10.6. The number of benzene rings is 1. The van der Waals surface area contributed by atoms with Gasteiger partial charge in [-0.25, -0.2) is 0 Å². The SMILES string of the molecule is Cc1cccc(C(O)C2(CN)CCOC2)c1C. The van der Waals surface area contributed by atoms with Crippen molar-refractivity contribution in [2.24, 2.45) is 11.1 Å². The van der Waals surface area contributed by atoms with E-state index in [1.54, 1.807) is 0 Å². The summed E-state index contributed by atoms with van der Waals surface area (Å²) in [4.78, 5) is 0. The number of aryl methyl sites for hydroxylation is 1. The first-order valence-electron chi connectivity index (χ1n) is 6.13. The molecule has 17 heavy (non-hydrogen) atoms. The summed E-state index contributed by atoms with van der Waals surface area (Å²) in [5, 5.41) is 10.6. The van der Waals surface area contributed by atoms with Gasteiger partial charge in [0.25, 0.3) is 0 Å². The first-order valence-corrected chi connectivity index (χ1v) is 6.13. The summed E-state index contributed by atoms with van der Waals surface area (Å²) < 4.78 is 5.42. The molecule has 3 N–H and O–H groups in total. The lowest BCUT2D eigenvalue weighted by Gasteiger charge is -2.32. The van der Waals surface area contributed by atoms with E-state index in [0.717, 1.165) is 17.5 Å². The molecule has 2 unspecified atom stereocenters. The summed E-state index contributed by atoms with van der Waals surface area (Å²) >= 11 is 0. The summed E-state index contributed by atoms with van der Waals surface area (Å²) in [6, 6.07) is 6.04. The molecule has 0 aromatic heterocycles. The topological polar surface area (TPSA) is 55.5 Å². The molecule has 1 aromatic rings. The number of hydrogen-bond acceptors (Lipinski definition) is 3. The second-order valence-electron chi connectivity index (χ2n) is 5.06. The molecule has 2 rings (SSSR count). The van der Waals surface area contributed by atoms with Crippen LogP contribution < -0.4 is 5.73 Å². The largest absolute Gasteiger partial charge is 0.388 e. The maximum absolute atomic E-state index is 10.6. The maximum atomic E-state index is 10.6. The van der Waals surface area contributed by atoms with Crippen LogP contribution in [0.25, 0.3) is 0 Å². The molecule has 0 bridgehead atoms. The van der Waals surface area contributed by atoms with E-state index in [0.29, 0.717) is 19.8 Å². The molecule has 1 fully saturated rings. The Labute approximate surface area is 103 Å². The molecule has 0 spiro atoms. The van der Waals surface area contributed by atoms with Gasteiger partial charge in [-0.2, -0.15) is 0 Å². The predicted octanol–water partition coefficient (Wildman–Crippen LogP) is 1.70. The molecule has 1 saturated heterocycles. The predicted molar refractivity (Wildman–Crippen MR) is 67.8 cm³/mol. The molecule has 2 atom stereocenters. The molecule has 1 heterocycles. The lowest BCUT2D eigenvalue weighted by atomic mass is 9.77. The number of hydrogen-bond donors (Lipinski definition) is 2. The summed E-state index contributed by atoms with van der Waals surface area (Å²) in [5.41, 5.74) is 8.89. The number of aliphatic hydroxyl groups is 1. The highest BCUT2D eigenvalue weighted by Gasteiger charge is 2.41. The fraction of sp³-hybridized carbons (Fsp3) is 0.571. The quantitative estimate of drug-likeness (QED) is 0.838. The van der Waals surface area contributed by atoms with E-state index < -0.39 is 6.10 Å². The fourth-order valence-corrected chi connectivity index (χ4v) is 2.51. The van der Waals surface area contributed by atoms with E-state index in [1.165, 1.54) is 5.56 Å². The van der Waals surface area contributed by atoms with E-state index in [-0.39, 0.29) is 5.41 Å². The first kappa shape index (κ1) is 12.6. The third kappa shape index (κ3) is 2.10. The minimum atomic E-state index is -0.533. The van der Waals surface area contributed by atoms with Crippen LogP contribution in [-0.2, 0) is 4.74 Å². The van der Waals surface area contributed by atoms with E-state index in [9.17, 15) is 5.11 Å². The van der Waals surface area contributed by atoms with Crippen molar-refractivity contribution < 1.29 is 9.84 Å². The van der Waals surface area contributed by atoms with Crippen molar-refractivity contribution >= 4 is 0 Å². The number of ether oxygens (including phenoxy) is 1. The van der Waals surface area contributed by atoms with Crippen LogP contribution in [0.5, 0.6) is 0 Å². The molecule has 0 aliphatic carbocycles. The average molecular weight is 235 g/mol. The zero-order valence-electron chi connectivity index (χ0n) is 10.6. The van der Waals surface area contributed by atoms with E-state index in [2.05, 4.69) is 13.0 Å². The second kappa shape index (κ2) is 4.77. The van der Waals surface area contributed by atoms with Crippen LogP contribution in [-0.4, -0.2) is 24.9 Å². The summed E-state index contributed by atoms with van der Waals surface area (Å²) in [6.07, 6.45) is 0.299. The third-order valence-electron chi connectivity index (χ3n) is 4.06. The molecule has 0 radical (unpaired) electrons. The standard InChI is InChI=1S/C14H21NO2/c1-10-4-3-5-12(11(10)2)13(16)14(8-15)6-7-17-9-14/h3-5,13,16H,6-9,15H2,1-2H3. The van der Waals surface area contributed by atoms with Crippen molar-refractivity contribution in [1.29, 1.82) is 0 Å². The monoisotopic (exact) mass is 235 g/mol. The van der Waals surface area contributed by atoms with Crippen molar-refractivity contribution in [3.8, 4) is 0 Å². The third-order valence-corrected chi connectivity index (χ3v) is 4.06. The van der Waals surface area contributed by atoms with E-state index >= 15 is 0 Å². The minimum absolute atomic E-state index is 0.307. The van der Waals surface area contributed by atoms with Crippen LogP contribution in [0.4, 0.5) is 0 Å². The van der Waals surface area contributed by atoms with Gasteiger partial charge in [0, 0.05) is 18.6 Å². The van der Waals surface area contributed by atoms with Gasteiger partial charge in [0.15, 0.2) is 0 Å². The van der Waals surface area contributed by atoms with Crippen molar-refractivity contribution in [1.82, 2.24) is 0 Å². The minimum Gasteiger partial charge on any atom is -0.388 e. The normalized spacial score (nSPS) is 26.1. The number of rotatable bonds is 3. The van der Waals surface area contributed by atoms with E-state index in [1.807, 2.05) is 19.1 Å². The highest BCUT2D eigenvalue weighted by Crippen LogP contribution is 2.41. The van der Waals surface area contributed by atoms with Crippen molar-refractivity contribution in [2.45, 2.75) is 26.4 Å². The fourth-order valence-electron chi connectivity index (χ4n) is 2.51. The molecule has 3 nitrogen and oxygen atoms in total. The second-order valence-corrected chi connectivity index (χ2v) is 5.06. The molecule has 1 aromatic carbocycles. The summed E-state index contributed by atoms with van der Waals surface area (Å²) in [6.45, 7) is 5.82. The molecule has 94 valence electrons. The molecular weight excluding hydrogens is 214 g/mol. The Morgan fingerprint density at radius 3 is 2.82 bits per heavy atom. The average Bonchev–Trinajstić information content (AvgIpc) is 2.82. The molecule has 0 saturated carbocycles. The molecular formula is C14H21NO2. The van der Waals surface area contributed by atoms with Gasteiger partial charge in [-0.05, 0) is 37.0 Å². The number of aliphatic hydroxyl groups excluding tert-OH is 1. The Morgan fingerprint density at radius 1 is 1.47 bits per heavy atom. The van der Waals surface area contributed by atoms with Crippen LogP contribution in [0.15, 0.2) is 18.2 Å². The lowest BCUT2D eigenvalue weighted by Crippen LogP contribution is -2.37. The Balaban J connectivity index is 2.35. The van der Waals surface area contributed by atoms with Gasteiger partial charge < -0.3 is 15.6 Å². The Kier molecular flexibility index (Phi) is 3.52. The van der Waals surface area contributed by atoms with Gasteiger partial charge in [-0.3, -0.25) is 0 Å². The summed E-state index contributed by atoms with van der Waals surface area (Å²) in [5.74, 6) is 0. The van der Waals surface area contributed by atoms with Crippen LogP contribution in [0.3, 0.4) is 0 Å².